The Hall–Kier alpha value is -2.46. The van der Waals surface area contributed by atoms with E-state index in [2.05, 4.69) is 29.2 Å². The van der Waals surface area contributed by atoms with Crippen molar-refractivity contribution in [1.82, 2.24) is 4.90 Å². The molecule has 30 heavy (non-hydrogen) atoms. The van der Waals surface area contributed by atoms with Crippen molar-refractivity contribution >= 4 is 17.4 Å². The van der Waals surface area contributed by atoms with Gasteiger partial charge in [0.25, 0.3) is 0 Å². The molecule has 4 rings (SSSR count). The standard InChI is InChI=1S/C26H32N2O2/c1-2-24(29)26(28(25(30)22-13-14-22)23-11-7-4-8-12-23)16-19-27(20-17-26)18-15-21-9-5-3-6-10-21/h3-12,22H,2,13-20H2,1H3. The largest absolute Gasteiger partial charge is 0.303 e. The lowest BCUT2D eigenvalue weighted by atomic mass is 9.79. The predicted octanol–water partition coefficient (Wildman–Crippen LogP) is 4.49. The lowest BCUT2D eigenvalue weighted by molar-refractivity contribution is -0.131. The topological polar surface area (TPSA) is 40.6 Å². The van der Waals surface area contributed by atoms with Gasteiger partial charge in [0.2, 0.25) is 5.91 Å². The maximum atomic E-state index is 13.4. The zero-order valence-electron chi connectivity index (χ0n) is 17.9. The van der Waals surface area contributed by atoms with Gasteiger partial charge in [0.05, 0.1) is 0 Å². The van der Waals surface area contributed by atoms with Gasteiger partial charge in [-0.3, -0.25) is 14.5 Å². The first-order chi connectivity index (χ1) is 14.6. The molecule has 0 radical (unpaired) electrons. The van der Waals surface area contributed by atoms with Crippen LogP contribution in [0.1, 0.15) is 44.6 Å². The van der Waals surface area contributed by atoms with Crippen LogP contribution in [0.15, 0.2) is 60.7 Å². The summed E-state index contributed by atoms with van der Waals surface area (Å²) in [5.74, 6) is 0.423. The molecule has 2 aromatic rings. The molecule has 158 valence electrons. The molecule has 1 aliphatic carbocycles. The van der Waals surface area contributed by atoms with Gasteiger partial charge in [-0.15, -0.1) is 0 Å². The number of amides is 1. The number of para-hydroxylation sites is 1. The number of anilines is 1. The molecule has 0 bridgehead atoms. The number of Topliss-reactive ketones (excluding diaryl/α,β-unsaturated/α-hetero) is 1. The number of hydrogen-bond acceptors (Lipinski definition) is 3. The van der Waals surface area contributed by atoms with E-state index in [1.807, 2.05) is 48.2 Å². The zero-order chi connectivity index (χ0) is 21.0. The first kappa shape index (κ1) is 20.8. The Balaban J connectivity index is 1.54. The molecule has 2 aliphatic rings. The van der Waals surface area contributed by atoms with Crippen LogP contribution in [-0.4, -0.2) is 41.8 Å². The SMILES string of the molecule is CCC(=O)C1(N(C(=O)C2CC2)c2ccccc2)CCN(CCc2ccccc2)CC1. The van der Waals surface area contributed by atoms with E-state index in [1.165, 1.54) is 5.56 Å². The van der Waals surface area contributed by atoms with Gasteiger partial charge in [-0.2, -0.15) is 0 Å². The summed E-state index contributed by atoms with van der Waals surface area (Å²) in [4.78, 5) is 31.0. The fraction of sp³-hybridized carbons (Fsp3) is 0.462. The molecule has 1 saturated heterocycles. The smallest absolute Gasteiger partial charge is 0.230 e. The van der Waals surface area contributed by atoms with E-state index in [4.69, 9.17) is 0 Å². The highest BCUT2D eigenvalue weighted by atomic mass is 16.2. The lowest BCUT2D eigenvalue weighted by Gasteiger charge is -2.48. The fourth-order valence-corrected chi connectivity index (χ4v) is 4.71. The Bertz CT molecular complexity index is 853. The Morgan fingerprint density at radius 3 is 2.13 bits per heavy atom. The summed E-state index contributed by atoms with van der Waals surface area (Å²) in [5.41, 5.74) is 1.50. The summed E-state index contributed by atoms with van der Waals surface area (Å²) in [5, 5.41) is 0. The number of rotatable bonds is 8. The van der Waals surface area contributed by atoms with Crippen LogP contribution in [0.3, 0.4) is 0 Å². The molecule has 4 heteroatoms. The molecule has 1 heterocycles. The van der Waals surface area contributed by atoms with Crippen LogP contribution in [0.2, 0.25) is 0 Å². The van der Waals surface area contributed by atoms with Gasteiger partial charge >= 0.3 is 0 Å². The first-order valence-electron chi connectivity index (χ1n) is 11.3. The van der Waals surface area contributed by atoms with Gasteiger partial charge in [-0.1, -0.05) is 55.5 Å². The van der Waals surface area contributed by atoms with Crippen molar-refractivity contribution in [2.45, 2.75) is 51.0 Å². The lowest BCUT2D eigenvalue weighted by Crippen LogP contribution is -2.62. The number of piperidine rings is 1. The average molecular weight is 405 g/mol. The minimum Gasteiger partial charge on any atom is -0.303 e. The highest BCUT2D eigenvalue weighted by molar-refractivity contribution is 6.05. The Labute approximate surface area is 179 Å². The zero-order valence-corrected chi connectivity index (χ0v) is 17.9. The van der Waals surface area contributed by atoms with Crippen molar-refractivity contribution in [3.05, 3.63) is 66.2 Å². The summed E-state index contributed by atoms with van der Waals surface area (Å²) < 4.78 is 0. The monoisotopic (exact) mass is 404 g/mol. The second-order valence-corrected chi connectivity index (χ2v) is 8.67. The molecular formula is C26H32N2O2. The normalized spacial score (nSPS) is 18.7. The minimum atomic E-state index is -0.709. The summed E-state index contributed by atoms with van der Waals surface area (Å²) >= 11 is 0. The van der Waals surface area contributed by atoms with Crippen LogP contribution in [0, 0.1) is 5.92 Å². The maximum Gasteiger partial charge on any atom is 0.230 e. The third kappa shape index (κ3) is 4.34. The molecule has 1 saturated carbocycles. The van der Waals surface area contributed by atoms with Crippen LogP contribution in [0.5, 0.6) is 0 Å². The summed E-state index contributed by atoms with van der Waals surface area (Å²) in [6, 6.07) is 20.4. The molecule has 0 N–H and O–H groups in total. The summed E-state index contributed by atoms with van der Waals surface area (Å²) in [7, 11) is 0. The first-order valence-corrected chi connectivity index (χ1v) is 11.3. The molecule has 0 spiro atoms. The van der Waals surface area contributed by atoms with Gasteiger partial charge in [0.1, 0.15) is 5.54 Å². The van der Waals surface area contributed by atoms with Crippen LogP contribution in [-0.2, 0) is 16.0 Å². The molecule has 1 amide bonds. The Morgan fingerprint density at radius 1 is 0.967 bits per heavy atom. The van der Waals surface area contributed by atoms with E-state index < -0.39 is 5.54 Å². The molecule has 0 unspecified atom stereocenters. The van der Waals surface area contributed by atoms with Crippen molar-refractivity contribution in [2.75, 3.05) is 24.5 Å². The van der Waals surface area contributed by atoms with E-state index in [9.17, 15) is 9.59 Å². The molecular weight excluding hydrogens is 372 g/mol. The van der Waals surface area contributed by atoms with Crippen molar-refractivity contribution in [2.24, 2.45) is 5.92 Å². The van der Waals surface area contributed by atoms with Gasteiger partial charge in [-0.25, -0.2) is 0 Å². The number of ketones is 1. The highest BCUT2D eigenvalue weighted by Crippen LogP contribution is 2.40. The molecule has 4 nitrogen and oxygen atoms in total. The Morgan fingerprint density at radius 2 is 1.57 bits per heavy atom. The van der Waals surface area contributed by atoms with E-state index in [0.29, 0.717) is 19.3 Å². The van der Waals surface area contributed by atoms with Gasteiger partial charge in [0.15, 0.2) is 5.78 Å². The molecule has 0 atom stereocenters. The van der Waals surface area contributed by atoms with E-state index in [-0.39, 0.29) is 17.6 Å². The van der Waals surface area contributed by atoms with Crippen LogP contribution < -0.4 is 4.90 Å². The molecule has 0 aromatic heterocycles. The second-order valence-electron chi connectivity index (χ2n) is 8.67. The summed E-state index contributed by atoms with van der Waals surface area (Å²) in [6.45, 7) is 4.61. The van der Waals surface area contributed by atoms with Crippen molar-refractivity contribution in [3.8, 4) is 0 Å². The highest BCUT2D eigenvalue weighted by Gasteiger charge is 2.50. The van der Waals surface area contributed by atoms with Gasteiger partial charge < -0.3 is 4.90 Å². The predicted molar refractivity (Wildman–Crippen MR) is 121 cm³/mol. The minimum absolute atomic E-state index is 0.0860. The van der Waals surface area contributed by atoms with Crippen LogP contribution in [0.25, 0.3) is 0 Å². The number of carbonyl (C=O) groups is 2. The molecule has 1 aliphatic heterocycles. The van der Waals surface area contributed by atoms with Crippen molar-refractivity contribution < 1.29 is 9.59 Å². The van der Waals surface area contributed by atoms with E-state index in [0.717, 1.165) is 44.6 Å². The Kier molecular flexibility index (Phi) is 6.33. The molecule has 2 aromatic carbocycles. The van der Waals surface area contributed by atoms with E-state index in [1.54, 1.807) is 0 Å². The quantitative estimate of drug-likeness (QED) is 0.651. The number of carbonyl (C=O) groups excluding carboxylic acids is 2. The summed E-state index contributed by atoms with van der Waals surface area (Å²) in [6.07, 6.45) is 4.79. The number of likely N-dealkylation sites (tertiary alicyclic amines) is 1. The average Bonchev–Trinajstić information content (AvgIpc) is 3.65. The van der Waals surface area contributed by atoms with Gasteiger partial charge in [-0.05, 0) is 49.8 Å². The van der Waals surface area contributed by atoms with Gasteiger partial charge in [0, 0.05) is 37.7 Å². The number of nitrogens with zero attached hydrogens (tertiary/aromatic N) is 2. The second kappa shape index (κ2) is 9.13. The van der Waals surface area contributed by atoms with Crippen LogP contribution >= 0.6 is 0 Å². The van der Waals surface area contributed by atoms with Crippen LogP contribution in [0.4, 0.5) is 5.69 Å². The number of benzene rings is 2. The van der Waals surface area contributed by atoms with Crippen molar-refractivity contribution in [3.63, 3.8) is 0 Å². The molecule has 2 fully saturated rings. The fourth-order valence-electron chi connectivity index (χ4n) is 4.71. The maximum absolute atomic E-state index is 13.4. The third-order valence-electron chi connectivity index (χ3n) is 6.67. The van der Waals surface area contributed by atoms with E-state index >= 15 is 0 Å². The van der Waals surface area contributed by atoms with Crippen molar-refractivity contribution in [1.29, 1.82) is 0 Å². The third-order valence-corrected chi connectivity index (χ3v) is 6.67. The number of hydrogen-bond donors (Lipinski definition) is 0.